The van der Waals surface area contributed by atoms with Crippen LogP contribution in [0.5, 0.6) is 17.2 Å². The second-order valence-corrected chi connectivity index (χ2v) is 5.22. The van der Waals surface area contributed by atoms with Gasteiger partial charge in [-0.15, -0.1) is 0 Å². The molecule has 2 aromatic rings. The van der Waals surface area contributed by atoms with Crippen LogP contribution in [0.1, 0.15) is 13.8 Å². The molecule has 0 saturated heterocycles. The van der Waals surface area contributed by atoms with Gasteiger partial charge in [0, 0.05) is 16.7 Å². The van der Waals surface area contributed by atoms with Crippen molar-refractivity contribution in [3.8, 4) is 17.2 Å². The number of hydrogen-bond donors (Lipinski definition) is 1. The summed E-state index contributed by atoms with van der Waals surface area (Å²) in [7, 11) is 0. The Balaban J connectivity index is 2.21. The number of rotatable bonds is 4. The second kappa shape index (κ2) is 5.93. The lowest BCUT2D eigenvalue weighted by Crippen LogP contribution is -2.07. The summed E-state index contributed by atoms with van der Waals surface area (Å²) in [6.45, 7) is 3.90. The maximum Gasteiger partial charge on any atom is 0.146 e. The largest absolute Gasteiger partial charge is 0.489 e. The summed E-state index contributed by atoms with van der Waals surface area (Å²) < 4.78 is 12.2. The molecule has 1 heterocycles. The Hall–Kier alpha value is -1.75. The van der Waals surface area contributed by atoms with Crippen molar-refractivity contribution in [1.29, 1.82) is 0 Å². The zero-order chi connectivity index (χ0) is 13.8. The normalized spacial score (nSPS) is 10.5. The molecule has 0 aliphatic heterocycles. The zero-order valence-electron chi connectivity index (χ0n) is 10.8. The first-order valence-corrected chi connectivity index (χ1v) is 6.68. The predicted octanol–water partition coefficient (Wildman–Crippen LogP) is 4.01. The van der Waals surface area contributed by atoms with E-state index in [1.54, 1.807) is 30.6 Å². The van der Waals surface area contributed by atoms with E-state index in [0.717, 1.165) is 4.47 Å². The Kier molecular flexibility index (Phi) is 4.27. The molecule has 0 fully saturated rings. The highest BCUT2D eigenvalue weighted by atomic mass is 79.9. The van der Waals surface area contributed by atoms with Crippen molar-refractivity contribution in [2.45, 2.75) is 20.0 Å². The fraction of sp³-hybridized carbons (Fsp3) is 0.214. The maximum atomic E-state index is 5.85. The third-order valence-corrected chi connectivity index (χ3v) is 2.70. The first-order valence-electron chi connectivity index (χ1n) is 5.89. The molecule has 0 saturated carbocycles. The Morgan fingerprint density at radius 2 is 1.95 bits per heavy atom. The van der Waals surface area contributed by atoms with Crippen molar-refractivity contribution in [1.82, 2.24) is 4.98 Å². The first kappa shape index (κ1) is 13.7. The van der Waals surface area contributed by atoms with Gasteiger partial charge in [0.2, 0.25) is 0 Å². The number of aromatic nitrogens is 1. The molecule has 100 valence electrons. The number of benzene rings is 1. The Labute approximate surface area is 120 Å². The van der Waals surface area contributed by atoms with E-state index in [2.05, 4.69) is 20.9 Å². The lowest BCUT2D eigenvalue weighted by atomic mass is 10.2. The van der Waals surface area contributed by atoms with Crippen LogP contribution in [0.2, 0.25) is 0 Å². The minimum atomic E-state index is 0.0603. The van der Waals surface area contributed by atoms with Crippen molar-refractivity contribution in [3.63, 3.8) is 0 Å². The number of nitrogens with two attached hydrogens (primary N) is 1. The number of nitrogens with zero attached hydrogens (tertiary/aromatic N) is 1. The second-order valence-electron chi connectivity index (χ2n) is 4.31. The smallest absolute Gasteiger partial charge is 0.146 e. The summed E-state index contributed by atoms with van der Waals surface area (Å²) in [5.41, 5.74) is 6.45. The zero-order valence-corrected chi connectivity index (χ0v) is 12.3. The van der Waals surface area contributed by atoms with E-state index in [1.165, 1.54) is 0 Å². The van der Waals surface area contributed by atoms with E-state index < -0.39 is 0 Å². The Morgan fingerprint density at radius 1 is 1.16 bits per heavy atom. The van der Waals surface area contributed by atoms with Crippen LogP contribution < -0.4 is 15.2 Å². The fourth-order valence-corrected chi connectivity index (χ4v) is 1.86. The van der Waals surface area contributed by atoms with E-state index in [-0.39, 0.29) is 6.10 Å². The third-order valence-electron chi connectivity index (χ3n) is 2.26. The molecule has 1 aromatic heterocycles. The maximum absolute atomic E-state index is 5.85. The van der Waals surface area contributed by atoms with Crippen LogP contribution in [0.25, 0.3) is 0 Å². The molecule has 2 rings (SSSR count). The molecule has 5 heteroatoms. The van der Waals surface area contributed by atoms with E-state index in [9.17, 15) is 0 Å². The summed E-state index contributed by atoms with van der Waals surface area (Å²) in [6.07, 6.45) is 3.40. The van der Waals surface area contributed by atoms with Gasteiger partial charge in [-0.1, -0.05) is 0 Å². The number of nitrogen functional groups attached to an aromatic ring is 1. The first-order chi connectivity index (χ1) is 9.04. The summed E-state index contributed by atoms with van der Waals surface area (Å²) in [5, 5.41) is 0. The third kappa shape index (κ3) is 3.86. The molecule has 0 bridgehead atoms. The number of anilines is 1. The van der Waals surface area contributed by atoms with E-state index in [4.69, 9.17) is 15.2 Å². The average molecular weight is 323 g/mol. The highest BCUT2D eigenvalue weighted by molar-refractivity contribution is 9.10. The number of halogens is 1. The highest BCUT2D eigenvalue weighted by Gasteiger charge is 2.06. The van der Waals surface area contributed by atoms with Gasteiger partial charge in [-0.05, 0) is 48.0 Å². The lowest BCUT2D eigenvalue weighted by molar-refractivity contribution is 0.243. The van der Waals surface area contributed by atoms with Crippen LogP contribution >= 0.6 is 15.9 Å². The van der Waals surface area contributed by atoms with Crippen molar-refractivity contribution in [3.05, 3.63) is 41.1 Å². The molecule has 0 amide bonds. The molecule has 4 nitrogen and oxygen atoms in total. The van der Waals surface area contributed by atoms with Crippen LogP contribution in [0.4, 0.5) is 5.69 Å². The Bertz CT molecular complexity index is 573. The minimum Gasteiger partial charge on any atom is -0.489 e. The molecule has 0 atom stereocenters. The quantitative estimate of drug-likeness (QED) is 0.864. The van der Waals surface area contributed by atoms with Crippen molar-refractivity contribution in [2.24, 2.45) is 0 Å². The molecule has 0 spiro atoms. The van der Waals surface area contributed by atoms with Gasteiger partial charge in [0.1, 0.15) is 17.2 Å². The standard InChI is InChI=1S/C14H15BrN2O2/c1-9(2)18-14-6-11(3-4-13(14)16)19-12-5-10(15)7-17-8-12/h3-9H,16H2,1-2H3. The molecular formula is C14H15BrN2O2. The topological polar surface area (TPSA) is 57.4 Å². The summed E-state index contributed by atoms with van der Waals surface area (Å²) in [4.78, 5) is 4.04. The fourth-order valence-electron chi connectivity index (χ4n) is 1.52. The molecule has 0 aliphatic rings. The van der Waals surface area contributed by atoms with Crippen molar-refractivity contribution in [2.75, 3.05) is 5.73 Å². The van der Waals surface area contributed by atoms with Gasteiger partial charge in [0.25, 0.3) is 0 Å². The van der Waals surface area contributed by atoms with Gasteiger partial charge >= 0.3 is 0 Å². The van der Waals surface area contributed by atoms with Crippen LogP contribution in [-0.4, -0.2) is 11.1 Å². The SMILES string of the molecule is CC(C)Oc1cc(Oc2cncc(Br)c2)ccc1N. The van der Waals surface area contributed by atoms with E-state index >= 15 is 0 Å². The van der Waals surface area contributed by atoms with Gasteiger partial charge in [-0.25, -0.2) is 0 Å². The number of hydrogen-bond acceptors (Lipinski definition) is 4. The van der Waals surface area contributed by atoms with Crippen LogP contribution in [0, 0.1) is 0 Å². The van der Waals surface area contributed by atoms with Gasteiger partial charge < -0.3 is 15.2 Å². The molecular weight excluding hydrogens is 308 g/mol. The minimum absolute atomic E-state index is 0.0603. The van der Waals surface area contributed by atoms with Crippen LogP contribution in [-0.2, 0) is 0 Å². The predicted molar refractivity (Wildman–Crippen MR) is 78.6 cm³/mol. The summed E-state index contributed by atoms with van der Waals surface area (Å²) in [5.74, 6) is 1.93. The van der Waals surface area contributed by atoms with Crippen LogP contribution in [0.3, 0.4) is 0 Å². The summed E-state index contributed by atoms with van der Waals surface area (Å²) >= 11 is 3.35. The van der Waals surface area contributed by atoms with E-state index in [0.29, 0.717) is 22.9 Å². The van der Waals surface area contributed by atoms with Gasteiger partial charge in [-0.2, -0.15) is 0 Å². The molecule has 0 aliphatic carbocycles. The van der Waals surface area contributed by atoms with Gasteiger partial charge in [0.05, 0.1) is 18.0 Å². The van der Waals surface area contributed by atoms with Crippen molar-refractivity contribution >= 4 is 21.6 Å². The van der Waals surface area contributed by atoms with Gasteiger partial charge in [-0.3, -0.25) is 4.98 Å². The lowest BCUT2D eigenvalue weighted by Gasteiger charge is -2.13. The molecule has 0 unspecified atom stereocenters. The molecule has 1 aromatic carbocycles. The average Bonchev–Trinajstić information content (AvgIpc) is 2.33. The van der Waals surface area contributed by atoms with Crippen molar-refractivity contribution < 1.29 is 9.47 Å². The summed E-state index contributed by atoms with van der Waals surface area (Å²) in [6, 6.07) is 7.17. The number of pyridine rings is 1. The molecule has 2 N–H and O–H groups in total. The van der Waals surface area contributed by atoms with Gasteiger partial charge in [0.15, 0.2) is 0 Å². The highest BCUT2D eigenvalue weighted by Crippen LogP contribution is 2.31. The number of ether oxygens (including phenoxy) is 2. The van der Waals surface area contributed by atoms with E-state index in [1.807, 2.05) is 19.9 Å². The monoisotopic (exact) mass is 322 g/mol. The molecule has 19 heavy (non-hydrogen) atoms. The Morgan fingerprint density at radius 3 is 2.63 bits per heavy atom. The molecule has 0 radical (unpaired) electrons. The van der Waals surface area contributed by atoms with Crippen LogP contribution in [0.15, 0.2) is 41.1 Å².